The number of methoxy groups -OCH3 is 1. The Hall–Kier alpha value is -1.84. The normalized spacial score (nSPS) is 13.4. The molecule has 0 radical (unpaired) electrons. The highest BCUT2D eigenvalue weighted by molar-refractivity contribution is 5.70. The summed E-state index contributed by atoms with van der Waals surface area (Å²) in [7, 11) is 1.57. The van der Waals surface area contributed by atoms with E-state index in [1.54, 1.807) is 19.2 Å². The Bertz CT molecular complexity index is 423. The summed E-state index contributed by atoms with van der Waals surface area (Å²) < 4.78 is 5.11. The topological polar surface area (TPSA) is 52.4 Å². The Morgan fingerprint density at radius 2 is 2.29 bits per heavy atom. The fourth-order valence-electron chi connectivity index (χ4n) is 1.59. The number of nitro groups is 1. The number of benzene rings is 1. The monoisotopic (exact) mass is 191 g/mol. The molecule has 0 unspecified atom stereocenters. The molecule has 0 fully saturated rings. The predicted molar refractivity (Wildman–Crippen MR) is 51.8 cm³/mol. The molecular weight excluding hydrogens is 182 g/mol. The molecular formula is C10H9NO3. The lowest BCUT2D eigenvalue weighted by Crippen LogP contribution is -1.92. The van der Waals surface area contributed by atoms with E-state index in [9.17, 15) is 10.1 Å². The summed E-state index contributed by atoms with van der Waals surface area (Å²) in [6.07, 6.45) is 2.71. The van der Waals surface area contributed by atoms with Crippen molar-refractivity contribution in [2.24, 2.45) is 0 Å². The molecule has 1 aromatic carbocycles. The lowest BCUT2D eigenvalue weighted by atomic mass is 10.1. The van der Waals surface area contributed by atoms with Crippen LogP contribution in [0, 0.1) is 10.1 Å². The van der Waals surface area contributed by atoms with Gasteiger partial charge in [-0.3, -0.25) is 10.1 Å². The first-order valence-electron chi connectivity index (χ1n) is 4.24. The summed E-state index contributed by atoms with van der Waals surface area (Å²) in [4.78, 5) is 10.1. The molecule has 1 aliphatic rings. The minimum absolute atomic E-state index is 0.105. The highest BCUT2D eigenvalue weighted by atomic mass is 16.6. The number of hydrogen-bond acceptors (Lipinski definition) is 3. The van der Waals surface area contributed by atoms with E-state index >= 15 is 0 Å². The van der Waals surface area contributed by atoms with E-state index in [0.29, 0.717) is 0 Å². The summed E-state index contributed by atoms with van der Waals surface area (Å²) in [5, 5.41) is 10.5. The van der Waals surface area contributed by atoms with E-state index in [2.05, 4.69) is 0 Å². The average molecular weight is 191 g/mol. The van der Waals surface area contributed by atoms with Crippen LogP contribution >= 0.6 is 0 Å². The van der Waals surface area contributed by atoms with Crippen LogP contribution in [-0.2, 0) is 11.2 Å². The molecule has 2 rings (SSSR count). The first-order chi connectivity index (χ1) is 6.72. The van der Waals surface area contributed by atoms with Crippen LogP contribution < -0.4 is 0 Å². The van der Waals surface area contributed by atoms with Crippen molar-refractivity contribution in [1.29, 1.82) is 0 Å². The number of non-ortho nitro benzene ring substituents is 1. The minimum atomic E-state index is -0.397. The van der Waals surface area contributed by atoms with Gasteiger partial charge in [0.1, 0.15) is 5.76 Å². The van der Waals surface area contributed by atoms with Crippen LogP contribution in [0.2, 0.25) is 0 Å². The van der Waals surface area contributed by atoms with Gasteiger partial charge >= 0.3 is 0 Å². The molecule has 0 bridgehead atoms. The zero-order valence-corrected chi connectivity index (χ0v) is 7.69. The van der Waals surface area contributed by atoms with Gasteiger partial charge in [-0.2, -0.15) is 0 Å². The summed E-state index contributed by atoms with van der Waals surface area (Å²) in [5.74, 6) is 0.726. The number of nitrogens with zero attached hydrogens (tertiary/aromatic N) is 1. The lowest BCUT2D eigenvalue weighted by molar-refractivity contribution is -0.384. The third-order valence-electron chi connectivity index (χ3n) is 2.30. The molecule has 1 aromatic rings. The second kappa shape index (κ2) is 3.14. The van der Waals surface area contributed by atoms with Gasteiger partial charge in [0.05, 0.1) is 12.0 Å². The van der Waals surface area contributed by atoms with Gasteiger partial charge in [0.15, 0.2) is 0 Å². The third-order valence-corrected chi connectivity index (χ3v) is 2.30. The molecule has 0 N–H and O–H groups in total. The van der Waals surface area contributed by atoms with Gasteiger partial charge in [-0.25, -0.2) is 0 Å². The fraction of sp³-hybridized carbons (Fsp3) is 0.200. The number of ether oxygens (including phenoxy) is 1. The Kier molecular flexibility index (Phi) is 1.96. The molecule has 0 heterocycles. The van der Waals surface area contributed by atoms with Gasteiger partial charge in [-0.1, -0.05) is 6.07 Å². The zero-order valence-electron chi connectivity index (χ0n) is 7.69. The van der Waals surface area contributed by atoms with Crippen LogP contribution in [0.4, 0.5) is 5.69 Å². The minimum Gasteiger partial charge on any atom is -0.496 e. The standard InChI is InChI=1S/C10H9NO3/c1-14-10-5-3-7-2-4-8(11(12)13)6-9(7)10/h2,4-6H,3H2,1H3. The molecule has 0 amide bonds. The second-order valence-electron chi connectivity index (χ2n) is 3.08. The number of fused-ring (bicyclic) bond motifs is 1. The first kappa shape index (κ1) is 8.74. The largest absolute Gasteiger partial charge is 0.496 e. The van der Waals surface area contributed by atoms with Crippen molar-refractivity contribution < 1.29 is 9.66 Å². The molecule has 72 valence electrons. The smallest absolute Gasteiger partial charge is 0.270 e. The van der Waals surface area contributed by atoms with Crippen LogP contribution in [-0.4, -0.2) is 12.0 Å². The lowest BCUT2D eigenvalue weighted by Gasteiger charge is -2.03. The quantitative estimate of drug-likeness (QED) is 0.531. The van der Waals surface area contributed by atoms with Crippen molar-refractivity contribution in [1.82, 2.24) is 0 Å². The van der Waals surface area contributed by atoms with Crippen molar-refractivity contribution in [2.75, 3.05) is 7.11 Å². The molecule has 4 heteroatoms. The molecule has 14 heavy (non-hydrogen) atoms. The van der Waals surface area contributed by atoms with Crippen LogP contribution in [0.3, 0.4) is 0 Å². The Balaban J connectivity index is 2.48. The van der Waals surface area contributed by atoms with E-state index in [4.69, 9.17) is 4.74 Å². The average Bonchev–Trinajstić information content (AvgIpc) is 2.59. The van der Waals surface area contributed by atoms with Gasteiger partial charge in [0.25, 0.3) is 5.69 Å². The number of hydrogen-bond donors (Lipinski definition) is 0. The van der Waals surface area contributed by atoms with Gasteiger partial charge in [0, 0.05) is 17.7 Å². The summed E-state index contributed by atoms with van der Waals surface area (Å²) in [6.45, 7) is 0. The SMILES string of the molecule is COC1=CCc2ccc([N+](=O)[O-])cc21. The van der Waals surface area contributed by atoms with E-state index in [1.165, 1.54) is 6.07 Å². The molecule has 0 saturated carbocycles. The maximum atomic E-state index is 10.5. The molecule has 0 spiro atoms. The van der Waals surface area contributed by atoms with Gasteiger partial charge in [0.2, 0.25) is 0 Å². The van der Waals surface area contributed by atoms with Gasteiger partial charge < -0.3 is 4.74 Å². The highest BCUT2D eigenvalue weighted by Gasteiger charge is 2.18. The summed E-state index contributed by atoms with van der Waals surface area (Å²) >= 11 is 0. The van der Waals surface area contributed by atoms with Crippen molar-refractivity contribution >= 4 is 11.4 Å². The van der Waals surface area contributed by atoms with Crippen molar-refractivity contribution in [3.05, 3.63) is 45.5 Å². The summed E-state index contributed by atoms with van der Waals surface area (Å²) in [6, 6.07) is 4.85. The Morgan fingerprint density at radius 3 is 2.93 bits per heavy atom. The van der Waals surface area contributed by atoms with Gasteiger partial charge in [-0.05, 0) is 18.1 Å². The van der Waals surface area contributed by atoms with E-state index < -0.39 is 4.92 Å². The highest BCUT2D eigenvalue weighted by Crippen LogP contribution is 2.30. The van der Waals surface area contributed by atoms with Crippen LogP contribution in [0.15, 0.2) is 24.3 Å². The van der Waals surface area contributed by atoms with Crippen LogP contribution in [0.1, 0.15) is 11.1 Å². The number of rotatable bonds is 2. The molecule has 0 atom stereocenters. The molecule has 0 aliphatic heterocycles. The van der Waals surface area contributed by atoms with Crippen molar-refractivity contribution in [3.63, 3.8) is 0 Å². The van der Waals surface area contributed by atoms with E-state index in [-0.39, 0.29) is 5.69 Å². The second-order valence-corrected chi connectivity index (χ2v) is 3.08. The molecule has 1 aliphatic carbocycles. The summed E-state index contributed by atoms with van der Waals surface area (Å²) in [5.41, 5.74) is 2.02. The van der Waals surface area contributed by atoms with Gasteiger partial charge in [-0.15, -0.1) is 0 Å². The molecule has 0 aromatic heterocycles. The molecule has 4 nitrogen and oxygen atoms in total. The number of allylic oxidation sites excluding steroid dienone is 1. The van der Waals surface area contributed by atoms with Crippen molar-refractivity contribution in [2.45, 2.75) is 6.42 Å². The first-order valence-corrected chi connectivity index (χ1v) is 4.24. The Labute approximate surface area is 81.0 Å². The Morgan fingerprint density at radius 1 is 1.50 bits per heavy atom. The third kappa shape index (κ3) is 1.25. The van der Waals surface area contributed by atoms with E-state index in [1.807, 2.05) is 6.08 Å². The maximum absolute atomic E-state index is 10.5. The number of nitro benzene ring substituents is 1. The van der Waals surface area contributed by atoms with E-state index in [0.717, 1.165) is 23.3 Å². The zero-order chi connectivity index (χ0) is 10.1. The predicted octanol–water partition coefficient (Wildman–Crippen LogP) is 2.14. The maximum Gasteiger partial charge on any atom is 0.270 e. The van der Waals surface area contributed by atoms with Crippen molar-refractivity contribution in [3.8, 4) is 0 Å². The fourth-order valence-corrected chi connectivity index (χ4v) is 1.59. The molecule has 0 saturated heterocycles. The van der Waals surface area contributed by atoms with Crippen LogP contribution in [0.5, 0.6) is 0 Å². The van der Waals surface area contributed by atoms with Crippen LogP contribution in [0.25, 0.3) is 5.76 Å².